The van der Waals surface area contributed by atoms with Gasteiger partial charge in [0.2, 0.25) is 10.0 Å². The van der Waals surface area contributed by atoms with Crippen molar-refractivity contribution in [3.63, 3.8) is 0 Å². The Kier molecular flexibility index (Phi) is 6.24. The van der Waals surface area contributed by atoms with Gasteiger partial charge in [-0.05, 0) is 24.6 Å². The second kappa shape index (κ2) is 7.16. The van der Waals surface area contributed by atoms with Gasteiger partial charge in [0, 0.05) is 6.26 Å². The molecule has 144 valence electrons. The second-order valence-corrected chi connectivity index (χ2v) is 12.0. The Bertz CT molecular complexity index is 1020. The van der Waals surface area contributed by atoms with Crippen molar-refractivity contribution in [3.05, 3.63) is 18.2 Å². The van der Waals surface area contributed by atoms with Gasteiger partial charge in [-0.2, -0.15) is 16.8 Å². The number of anilines is 1. The Balaban J connectivity index is 3.20. The first kappa shape index (κ1) is 21.8. The van der Waals surface area contributed by atoms with Crippen LogP contribution in [0.15, 0.2) is 28.0 Å². The molecule has 25 heavy (non-hydrogen) atoms. The van der Waals surface area contributed by atoms with Crippen LogP contribution in [-0.4, -0.2) is 60.5 Å². The van der Waals surface area contributed by atoms with Crippen LogP contribution in [0.5, 0.6) is 0 Å². The first-order valence-electron chi connectivity index (χ1n) is 6.28. The molecule has 0 aromatic heterocycles. The molecule has 0 aliphatic rings. The summed E-state index contributed by atoms with van der Waals surface area (Å²) in [5, 5.41) is 0. The summed E-state index contributed by atoms with van der Waals surface area (Å²) in [7, 11) is -17.3. The summed E-state index contributed by atoms with van der Waals surface area (Å²) in [4.78, 5) is -1.92. The molecule has 3 N–H and O–H groups in total. The summed E-state index contributed by atoms with van der Waals surface area (Å²) in [5.41, 5.74) is -0.554. The van der Waals surface area contributed by atoms with Crippen LogP contribution < -0.4 is 4.72 Å². The highest BCUT2D eigenvalue weighted by molar-refractivity contribution is 7.93. The third kappa shape index (κ3) is 7.66. The molecule has 11 nitrogen and oxygen atoms in total. The van der Waals surface area contributed by atoms with Gasteiger partial charge in [-0.1, -0.05) is 0 Å². The number of sulfonamides is 1. The fourth-order valence-electron chi connectivity index (χ4n) is 1.67. The lowest BCUT2D eigenvalue weighted by atomic mass is 10.3. The molecule has 0 aliphatic heterocycles. The molecule has 1 rings (SSSR count). The monoisotopic (exact) mass is 437 g/mol. The van der Waals surface area contributed by atoms with Crippen molar-refractivity contribution in [3.8, 4) is 0 Å². The molecule has 0 heterocycles. The number of nitrogens with one attached hydrogen (secondary N) is 1. The normalized spacial score (nSPS) is 13.6. The van der Waals surface area contributed by atoms with Gasteiger partial charge in [0.25, 0.3) is 20.2 Å². The molecular formula is C10H15NO10S4. The summed E-state index contributed by atoms with van der Waals surface area (Å²) >= 11 is 0. The molecule has 0 spiro atoms. The fraction of sp³-hybridized carbons (Fsp3) is 0.400. The molecular weight excluding hydrogens is 422 g/mol. The van der Waals surface area contributed by atoms with Crippen molar-refractivity contribution in [2.75, 3.05) is 22.5 Å². The Morgan fingerprint density at radius 1 is 0.800 bits per heavy atom. The van der Waals surface area contributed by atoms with Crippen LogP contribution in [0, 0.1) is 0 Å². The maximum atomic E-state index is 11.9. The molecule has 0 saturated carbocycles. The van der Waals surface area contributed by atoms with Gasteiger partial charge >= 0.3 is 0 Å². The van der Waals surface area contributed by atoms with E-state index < -0.39 is 67.1 Å². The van der Waals surface area contributed by atoms with E-state index in [1.165, 1.54) is 0 Å². The van der Waals surface area contributed by atoms with Crippen LogP contribution >= 0.6 is 0 Å². The number of benzene rings is 1. The molecule has 1 aromatic carbocycles. The van der Waals surface area contributed by atoms with Crippen LogP contribution in [0.2, 0.25) is 0 Å². The first-order valence-corrected chi connectivity index (χ1v) is 12.9. The van der Waals surface area contributed by atoms with Crippen LogP contribution in [0.3, 0.4) is 0 Å². The molecule has 0 saturated heterocycles. The van der Waals surface area contributed by atoms with Crippen LogP contribution in [0.25, 0.3) is 0 Å². The van der Waals surface area contributed by atoms with E-state index in [0.29, 0.717) is 18.2 Å². The number of sulfone groups is 1. The largest absolute Gasteiger partial charge is 0.294 e. The van der Waals surface area contributed by atoms with Gasteiger partial charge in [0.05, 0.1) is 27.0 Å². The van der Waals surface area contributed by atoms with Crippen molar-refractivity contribution >= 4 is 45.8 Å². The zero-order chi connectivity index (χ0) is 19.7. The minimum absolute atomic E-state index is 0.253. The van der Waals surface area contributed by atoms with Crippen molar-refractivity contribution in [1.82, 2.24) is 0 Å². The smallest absolute Gasteiger partial charge is 0.283 e. The van der Waals surface area contributed by atoms with E-state index in [1.807, 2.05) is 4.72 Å². The zero-order valence-electron chi connectivity index (χ0n) is 12.6. The number of rotatable bonds is 8. The fourth-order valence-corrected chi connectivity index (χ4v) is 4.80. The molecule has 0 aliphatic carbocycles. The summed E-state index contributed by atoms with van der Waals surface area (Å²) in [6.07, 6.45) is 0.665. The van der Waals surface area contributed by atoms with E-state index in [0.717, 1.165) is 6.26 Å². The molecule has 0 amide bonds. The predicted molar refractivity (Wildman–Crippen MR) is 87.8 cm³/mol. The van der Waals surface area contributed by atoms with Crippen molar-refractivity contribution in [2.45, 2.75) is 16.2 Å². The summed E-state index contributed by atoms with van der Waals surface area (Å²) in [6, 6.07) is 1.71. The minimum atomic E-state index is -4.89. The number of hydrogen-bond donors (Lipinski definition) is 3. The average Bonchev–Trinajstić information content (AvgIpc) is 2.33. The van der Waals surface area contributed by atoms with E-state index in [2.05, 4.69) is 0 Å². The van der Waals surface area contributed by atoms with E-state index in [4.69, 9.17) is 9.11 Å². The molecule has 0 radical (unpaired) electrons. The first-order chi connectivity index (χ1) is 11.0. The maximum Gasteiger partial charge on any atom is 0.294 e. The third-order valence-corrected chi connectivity index (χ3v) is 6.74. The molecule has 0 fully saturated rings. The Morgan fingerprint density at radius 3 is 1.60 bits per heavy atom. The standard InChI is InChI=1S/C10H15NO10S4/c1-22(12,13)3-2-4-23(14,15)11-8-5-9(24(16,17)18)7-10(6-8)25(19,20)21/h5-7,11H,2-4H2,1H3,(H,16,17,18)(H,19,20,21). The topological polar surface area (TPSA) is 189 Å². The lowest BCUT2D eigenvalue weighted by Crippen LogP contribution is -2.19. The van der Waals surface area contributed by atoms with Crippen molar-refractivity contribution < 1.29 is 42.8 Å². The summed E-state index contributed by atoms with van der Waals surface area (Å²) < 4.78 is 110. The lowest BCUT2D eigenvalue weighted by Gasteiger charge is -2.10. The van der Waals surface area contributed by atoms with Crippen LogP contribution in [0.4, 0.5) is 5.69 Å². The van der Waals surface area contributed by atoms with Crippen molar-refractivity contribution in [2.24, 2.45) is 0 Å². The minimum Gasteiger partial charge on any atom is -0.283 e. The Morgan fingerprint density at radius 2 is 1.24 bits per heavy atom. The van der Waals surface area contributed by atoms with E-state index >= 15 is 0 Å². The molecule has 15 heteroatoms. The Labute approximate surface area is 145 Å². The second-order valence-electron chi connectivity index (χ2n) is 5.05. The maximum absolute atomic E-state index is 11.9. The lowest BCUT2D eigenvalue weighted by molar-refractivity contribution is 0.481. The molecule has 1 aromatic rings. The van der Waals surface area contributed by atoms with E-state index in [-0.39, 0.29) is 6.42 Å². The third-order valence-electron chi connectivity index (χ3n) is 2.68. The van der Waals surface area contributed by atoms with Crippen LogP contribution in [0.1, 0.15) is 6.42 Å². The zero-order valence-corrected chi connectivity index (χ0v) is 15.9. The molecule has 0 atom stereocenters. The van der Waals surface area contributed by atoms with E-state index in [9.17, 15) is 33.7 Å². The van der Waals surface area contributed by atoms with Gasteiger partial charge in [0.1, 0.15) is 9.84 Å². The SMILES string of the molecule is CS(=O)(=O)CCCS(=O)(=O)Nc1cc(S(=O)(=O)O)cc(S(=O)(=O)O)c1. The molecule has 0 bridgehead atoms. The highest BCUT2D eigenvalue weighted by Gasteiger charge is 2.20. The van der Waals surface area contributed by atoms with Crippen LogP contribution in [-0.2, 0) is 40.1 Å². The quantitative estimate of drug-likeness (QED) is 0.441. The highest BCUT2D eigenvalue weighted by atomic mass is 32.2. The van der Waals surface area contributed by atoms with Gasteiger partial charge in [-0.3, -0.25) is 13.8 Å². The Hall–Kier alpha value is -1.26. The van der Waals surface area contributed by atoms with Gasteiger partial charge in [0.15, 0.2) is 0 Å². The van der Waals surface area contributed by atoms with E-state index in [1.54, 1.807) is 0 Å². The summed E-state index contributed by atoms with van der Waals surface area (Å²) in [6.45, 7) is 0. The van der Waals surface area contributed by atoms with Gasteiger partial charge in [-0.15, -0.1) is 0 Å². The average molecular weight is 437 g/mol. The van der Waals surface area contributed by atoms with Crippen molar-refractivity contribution in [1.29, 1.82) is 0 Å². The highest BCUT2D eigenvalue weighted by Crippen LogP contribution is 2.23. The summed E-state index contributed by atoms with van der Waals surface area (Å²) in [5.74, 6) is -1.05. The van der Waals surface area contributed by atoms with Gasteiger partial charge in [-0.25, -0.2) is 16.8 Å². The predicted octanol–water partition coefficient (Wildman–Crippen LogP) is -0.644. The number of hydrogen-bond acceptors (Lipinski definition) is 8. The molecule has 0 unspecified atom stereocenters. The van der Waals surface area contributed by atoms with Gasteiger partial charge < -0.3 is 0 Å².